The van der Waals surface area contributed by atoms with Crippen molar-refractivity contribution in [2.45, 2.75) is 37.7 Å². The van der Waals surface area contributed by atoms with Gasteiger partial charge in [0.25, 0.3) is 0 Å². The number of nitrogens with one attached hydrogen (secondary N) is 1. The molecule has 146 valence electrons. The number of carbonyl (C=O) groups excluding carboxylic acids is 1. The van der Waals surface area contributed by atoms with Gasteiger partial charge in [-0.05, 0) is 38.5 Å². The molecular formula is C21H24N4O2S. The number of aromatic nitrogens is 3. The smallest absolute Gasteiger partial charge is 0.237 e. The van der Waals surface area contributed by atoms with Crippen LogP contribution in [0.15, 0.2) is 59.8 Å². The Hall–Kier alpha value is -2.80. The summed E-state index contributed by atoms with van der Waals surface area (Å²) in [6.07, 6.45) is 0. The molecule has 1 unspecified atom stereocenters. The first-order valence-electron chi connectivity index (χ1n) is 9.21. The monoisotopic (exact) mass is 396 g/mol. The number of thioether (sulfide) groups is 1. The van der Waals surface area contributed by atoms with Crippen molar-refractivity contribution in [1.29, 1.82) is 0 Å². The summed E-state index contributed by atoms with van der Waals surface area (Å²) in [7, 11) is 0. The van der Waals surface area contributed by atoms with Crippen LogP contribution in [0.2, 0.25) is 0 Å². The highest BCUT2D eigenvalue weighted by atomic mass is 32.2. The highest BCUT2D eigenvalue weighted by molar-refractivity contribution is 8.00. The van der Waals surface area contributed by atoms with Crippen molar-refractivity contribution >= 4 is 23.4 Å². The number of aryl methyl sites for hydroxylation is 1. The minimum Gasteiger partial charge on any atom is -0.492 e. The van der Waals surface area contributed by atoms with E-state index in [-0.39, 0.29) is 11.2 Å². The number of amides is 1. The van der Waals surface area contributed by atoms with Gasteiger partial charge < -0.3 is 14.6 Å². The van der Waals surface area contributed by atoms with Crippen LogP contribution in [0.1, 0.15) is 25.2 Å². The third-order valence-corrected chi connectivity index (χ3v) is 5.26. The number of carbonyl (C=O) groups is 1. The van der Waals surface area contributed by atoms with Gasteiger partial charge in [0, 0.05) is 0 Å². The van der Waals surface area contributed by atoms with Crippen molar-refractivity contribution < 1.29 is 9.53 Å². The number of hydrogen-bond acceptors (Lipinski definition) is 5. The molecule has 3 aromatic rings. The second-order valence-electron chi connectivity index (χ2n) is 6.28. The first-order valence-corrected chi connectivity index (χ1v) is 10.1. The molecule has 1 N–H and O–H groups in total. The lowest BCUT2D eigenvalue weighted by Gasteiger charge is -2.15. The van der Waals surface area contributed by atoms with Gasteiger partial charge in [-0.25, -0.2) is 0 Å². The molecule has 0 aliphatic heterocycles. The zero-order chi connectivity index (χ0) is 19.9. The minimum absolute atomic E-state index is 0.107. The van der Waals surface area contributed by atoms with Gasteiger partial charge in [-0.2, -0.15) is 0 Å². The van der Waals surface area contributed by atoms with Crippen LogP contribution in [0, 0.1) is 6.92 Å². The molecule has 0 radical (unpaired) electrons. The molecular weight excluding hydrogens is 372 g/mol. The zero-order valence-corrected chi connectivity index (χ0v) is 17.1. The van der Waals surface area contributed by atoms with Gasteiger partial charge in [-0.1, -0.05) is 54.2 Å². The lowest BCUT2D eigenvalue weighted by molar-refractivity contribution is -0.115. The quantitative estimate of drug-likeness (QED) is 0.579. The molecule has 28 heavy (non-hydrogen) atoms. The van der Waals surface area contributed by atoms with Gasteiger partial charge in [-0.3, -0.25) is 4.79 Å². The van der Waals surface area contributed by atoms with Crippen molar-refractivity contribution in [3.63, 3.8) is 0 Å². The second kappa shape index (κ2) is 9.41. The van der Waals surface area contributed by atoms with E-state index in [4.69, 9.17) is 4.74 Å². The van der Waals surface area contributed by atoms with Gasteiger partial charge in [0.15, 0.2) is 5.16 Å². The van der Waals surface area contributed by atoms with Crippen molar-refractivity contribution in [3.8, 4) is 5.75 Å². The number of nitrogens with zero attached hydrogens (tertiary/aromatic N) is 3. The Morgan fingerprint density at radius 2 is 1.86 bits per heavy atom. The molecule has 1 amide bonds. The summed E-state index contributed by atoms with van der Waals surface area (Å²) < 4.78 is 7.60. The van der Waals surface area contributed by atoms with E-state index in [1.54, 1.807) is 0 Å². The fourth-order valence-corrected chi connectivity index (χ4v) is 3.59. The van der Waals surface area contributed by atoms with Crippen LogP contribution >= 0.6 is 11.8 Å². The number of benzene rings is 2. The SMILES string of the molecule is CCOc1ccccc1NC(=O)C(C)Sc1nnc(C)n1Cc1ccccc1. The third-order valence-electron chi connectivity index (χ3n) is 4.18. The van der Waals surface area contributed by atoms with Gasteiger partial charge in [-0.15, -0.1) is 10.2 Å². The molecule has 2 aromatic carbocycles. The minimum atomic E-state index is -0.340. The predicted molar refractivity (Wildman–Crippen MR) is 112 cm³/mol. The number of hydrogen-bond donors (Lipinski definition) is 1. The number of ether oxygens (including phenoxy) is 1. The van der Waals surface area contributed by atoms with Crippen LogP contribution < -0.4 is 10.1 Å². The largest absolute Gasteiger partial charge is 0.492 e. The van der Waals surface area contributed by atoms with Crippen LogP contribution in [0.3, 0.4) is 0 Å². The molecule has 0 aliphatic rings. The molecule has 7 heteroatoms. The van der Waals surface area contributed by atoms with Gasteiger partial charge in [0.2, 0.25) is 5.91 Å². The lowest BCUT2D eigenvalue weighted by atomic mass is 10.2. The van der Waals surface area contributed by atoms with E-state index in [9.17, 15) is 4.79 Å². The van der Waals surface area contributed by atoms with Crippen molar-refractivity contribution in [1.82, 2.24) is 14.8 Å². The van der Waals surface area contributed by atoms with Crippen LogP contribution in [0.4, 0.5) is 5.69 Å². The molecule has 0 saturated carbocycles. The Kier molecular flexibility index (Phi) is 6.71. The summed E-state index contributed by atoms with van der Waals surface area (Å²) in [5, 5.41) is 11.8. The Morgan fingerprint density at radius 3 is 2.61 bits per heavy atom. The first-order chi connectivity index (χ1) is 13.6. The maximum atomic E-state index is 12.7. The fourth-order valence-electron chi connectivity index (χ4n) is 2.69. The number of anilines is 1. The average molecular weight is 397 g/mol. The van der Waals surface area contributed by atoms with Crippen LogP contribution in [-0.4, -0.2) is 32.5 Å². The molecule has 0 saturated heterocycles. The van der Waals surface area contributed by atoms with E-state index in [2.05, 4.69) is 27.6 Å². The van der Waals surface area contributed by atoms with E-state index in [1.807, 2.05) is 67.8 Å². The number of rotatable bonds is 8. The second-order valence-corrected chi connectivity index (χ2v) is 7.59. The lowest BCUT2D eigenvalue weighted by Crippen LogP contribution is -2.23. The summed E-state index contributed by atoms with van der Waals surface area (Å²) >= 11 is 1.39. The third kappa shape index (κ3) is 4.92. The average Bonchev–Trinajstić information content (AvgIpc) is 3.04. The van der Waals surface area contributed by atoms with Gasteiger partial charge in [0.1, 0.15) is 11.6 Å². The Morgan fingerprint density at radius 1 is 1.14 bits per heavy atom. The number of para-hydroxylation sites is 2. The maximum absolute atomic E-state index is 12.7. The van der Waals surface area contributed by atoms with E-state index in [0.29, 0.717) is 24.6 Å². The van der Waals surface area contributed by atoms with E-state index < -0.39 is 0 Å². The molecule has 1 aromatic heterocycles. The molecule has 0 aliphatic carbocycles. The molecule has 0 fully saturated rings. The standard InChI is InChI=1S/C21H24N4O2S/c1-4-27-19-13-9-8-12-18(19)22-20(26)15(2)28-21-24-23-16(3)25(21)14-17-10-6-5-7-11-17/h5-13,15H,4,14H2,1-3H3,(H,22,26). The Balaban J connectivity index is 1.70. The molecule has 1 heterocycles. The first kappa shape index (κ1) is 19.9. The fraction of sp³-hybridized carbons (Fsp3) is 0.286. The Labute approximate surface area is 169 Å². The van der Waals surface area contributed by atoms with E-state index >= 15 is 0 Å². The summed E-state index contributed by atoms with van der Waals surface area (Å²) in [6.45, 7) is 6.91. The summed E-state index contributed by atoms with van der Waals surface area (Å²) in [4.78, 5) is 12.7. The summed E-state index contributed by atoms with van der Waals surface area (Å²) in [6, 6.07) is 17.6. The van der Waals surface area contributed by atoms with Crippen molar-refractivity contribution in [2.75, 3.05) is 11.9 Å². The molecule has 1 atom stereocenters. The van der Waals surface area contributed by atoms with Gasteiger partial charge >= 0.3 is 0 Å². The van der Waals surface area contributed by atoms with Crippen molar-refractivity contribution in [3.05, 3.63) is 66.0 Å². The normalized spacial score (nSPS) is 11.8. The maximum Gasteiger partial charge on any atom is 0.237 e. The van der Waals surface area contributed by atoms with Crippen LogP contribution in [-0.2, 0) is 11.3 Å². The summed E-state index contributed by atoms with van der Waals surface area (Å²) in [5.74, 6) is 1.38. The van der Waals surface area contributed by atoms with Crippen LogP contribution in [0.25, 0.3) is 0 Å². The zero-order valence-electron chi connectivity index (χ0n) is 16.3. The Bertz CT molecular complexity index is 927. The van der Waals surface area contributed by atoms with Crippen molar-refractivity contribution in [2.24, 2.45) is 0 Å². The van der Waals surface area contributed by atoms with E-state index in [0.717, 1.165) is 16.5 Å². The molecule has 0 spiro atoms. The van der Waals surface area contributed by atoms with Gasteiger partial charge in [0.05, 0.1) is 24.1 Å². The predicted octanol–water partition coefficient (Wildman–Crippen LogP) is 4.15. The highest BCUT2D eigenvalue weighted by Gasteiger charge is 2.20. The summed E-state index contributed by atoms with van der Waals surface area (Å²) in [5.41, 5.74) is 1.83. The molecule has 3 rings (SSSR count). The molecule has 0 bridgehead atoms. The highest BCUT2D eigenvalue weighted by Crippen LogP contribution is 2.27. The van der Waals surface area contributed by atoms with E-state index in [1.165, 1.54) is 11.8 Å². The van der Waals surface area contributed by atoms with Crippen LogP contribution in [0.5, 0.6) is 5.75 Å². The topological polar surface area (TPSA) is 69.0 Å². The molecule has 6 nitrogen and oxygen atoms in total.